The zero-order chi connectivity index (χ0) is 21.5. The minimum atomic E-state index is -2.03. The molecule has 0 radical (unpaired) electrons. The molecule has 152 valence electrons. The van der Waals surface area contributed by atoms with Crippen LogP contribution in [0.4, 0.5) is 5.69 Å². The van der Waals surface area contributed by atoms with Gasteiger partial charge in [0.25, 0.3) is 5.91 Å². The smallest absolute Gasteiger partial charge is 0.264 e. The van der Waals surface area contributed by atoms with Crippen molar-refractivity contribution >= 4 is 40.6 Å². The Labute approximate surface area is 184 Å². The number of ketones is 1. The van der Waals surface area contributed by atoms with Crippen molar-refractivity contribution in [3.05, 3.63) is 99.5 Å². The van der Waals surface area contributed by atoms with E-state index >= 15 is 0 Å². The Morgan fingerprint density at radius 1 is 1.03 bits per heavy atom. The molecule has 1 aliphatic heterocycles. The maximum absolute atomic E-state index is 13.5. The van der Waals surface area contributed by atoms with E-state index in [0.717, 1.165) is 5.56 Å². The molecule has 3 aromatic rings. The summed E-state index contributed by atoms with van der Waals surface area (Å²) in [6.07, 6.45) is 0. The van der Waals surface area contributed by atoms with Crippen LogP contribution in [0, 0.1) is 5.92 Å². The predicted molar refractivity (Wildman–Crippen MR) is 118 cm³/mol. The van der Waals surface area contributed by atoms with Crippen molar-refractivity contribution in [2.75, 3.05) is 4.90 Å². The predicted octanol–water partition coefficient (Wildman–Crippen LogP) is 5.25. The summed E-state index contributed by atoms with van der Waals surface area (Å²) in [6, 6.07) is 20.7. The molecule has 0 aromatic heterocycles. The summed E-state index contributed by atoms with van der Waals surface area (Å²) in [4.78, 5) is 28.1. The number of Topliss-reactive ketones (excluding diaryl/α,β-unsaturated/α-hetero) is 1. The molecule has 30 heavy (non-hydrogen) atoms. The fraction of sp³-hybridized carbons (Fsp3) is 0.167. The molecule has 1 N–H and O–H groups in total. The van der Waals surface area contributed by atoms with E-state index < -0.39 is 17.4 Å². The van der Waals surface area contributed by atoms with Gasteiger partial charge >= 0.3 is 0 Å². The number of hydrogen-bond donors (Lipinski definition) is 1. The maximum atomic E-state index is 13.5. The topological polar surface area (TPSA) is 57.6 Å². The molecule has 0 bridgehead atoms. The molecule has 1 heterocycles. The van der Waals surface area contributed by atoms with Crippen molar-refractivity contribution in [1.82, 2.24) is 0 Å². The molecule has 0 aliphatic carbocycles. The molecule has 2 atom stereocenters. The fourth-order valence-corrected chi connectivity index (χ4v) is 4.26. The van der Waals surface area contributed by atoms with Crippen molar-refractivity contribution in [1.29, 1.82) is 0 Å². The highest BCUT2D eigenvalue weighted by Crippen LogP contribution is 2.47. The van der Waals surface area contributed by atoms with Gasteiger partial charge in [-0.2, -0.15) is 0 Å². The molecule has 0 unspecified atom stereocenters. The summed E-state index contributed by atoms with van der Waals surface area (Å²) in [5, 5.41) is 12.5. The molecule has 4 rings (SSSR count). The second-order valence-corrected chi connectivity index (χ2v) is 8.21. The van der Waals surface area contributed by atoms with Gasteiger partial charge in [0.2, 0.25) is 0 Å². The summed E-state index contributed by atoms with van der Waals surface area (Å²) in [5.74, 6) is -1.91. The molecule has 1 aliphatic rings. The van der Waals surface area contributed by atoms with Crippen LogP contribution in [0.5, 0.6) is 0 Å². The second kappa shape index (κ2) is 7.88. The summed E-state index contributed by atoms with van der Waals surface area (Å²) >= 11 is 12.5. The van der Waals surface area contributed by atoms with Gasteiger partial charge in [0, 0.05) is 21.2 Å². The van der Waals surface area contributed by atoms with Crippen LogP contribution in [0.15, 0.2) is 72.8 Å². The second-order valence-electron chi connectivity index (χ2n) is 7.36. The minimum absolute atomic E-state index is 0.168. The van der Waals surface area contributed by atoms with E-state index in [9.17, 15) is 14.7 Å². The number of fused-ring (bicyclic) bond motifs is 1. The Bertz CT molecular complexity index is 1130. The van der Waals surface area contributed by atoms with Gasteiger partial charge in [0.1, 0.15) is 0 Å². The zero-order valence-corrected chi connectivity index (χ0v) is 17.7. The van der Waals surface area contributed by atoms with Gasteiger partial charge in [0.05, 0.1) is 18.2 Å². The van der Waals surface area contributed by atoms with Crippen molar-refractivity contribution in [2.45, 2.75) is 19.1 Å². The van der Waals surface area contributed by atoms with Crippen LogP contribution in [-0.4, -0.2) is 16.8 Å². The van der Waals surface area contributed by atoms with Crippen molar-refractivity contribution in [2.24, 2.45) is 5.92 Å². The lowest BCUT2D eigenvalue weighted by Gasteiger charge is -2.28. The lowest BCUT2D eigenvalue weighted by atomic mass is 9.79. The highest BCUT2D eigenvalue weighted by Gasteiger charge is 2.55. The van der Waals surface area contributed by atoms with Crippen LogP contribution in [0.1, 0.15) is 28.4 Å². The highest BCUT2D eigenvalue weighted by atomic mass is 35.5. The number of hydrogen-bond acceptors (Lipinski definition) is 3. The number of anilines is 1. The Hall–Kier alpha value is -2.66. The van der Waals surface area contributed by atoms with Crippen molar-refractivity contribution in [3.63, 3.8) is 0 Å². The van der Waals surface area contributed by atoms with Gasteiger partial charge < -0.3 is 10.0 Å². The first-order valence-electron chi connectivity index (χ1n) is 9.51. The summed E-state index contributed by atoms with van der Waals surface area (Å²) in [7, 11) is 0. The number of carbonyl (C=O) groups excluding carboxylic acids is 2. The van der Waals surface area contributed by atoms with Gasteiger partial charge in [-0.25, -0.2) is 0 Å². The SMILES string of the molecule is C[C@@H](C(=O)c1ccccc1)[C@@]1(O)C(=O)N(Cc2ccccc2Cl)c2ccc(Cl)cc21. The van der Waals surface area contributed by atoms with E-state index in [1.165, 1.54) is 4.90 Å². The number of nitrogens with zero attached hydrogens (tertiary/aromatic N) is 1. The van der Waals surface area contributed by atoms with E-state index in [1.807, 2.05) is 18.2 Å². The highest BCUT2D eigenvalue weighted by molar-refractivity contribution is 6.31. The molecule has 0 saturated carbocycles. The average Bonchev–Trinajstić information content (AvgIpc) is 2.97. The number of benzene rings is 3. The first-order valence-corrected chi connectivity index (χ1v) is 10.3. The third kappa shape index (κ3) is 3.31. The van der Waals surface area contributed by atoms with E-state index in [1.54, 1.807) is 61.5 Å². The maximum Gasteiger partial charge on any atom is 0.264 e. The molecular weight excluding hydrogens is 421 g/mol. The number of halogens is 2. The van der Waals surface area contributed by atoms with Crippen molar-refractivity contribution in [3.8, 4) is 0 Å². The quantitative estimate of drug-likeness (QED) is 0.552. The average molecular weight is 440 g/mol. The van der Waals surface area contributed by atoms with Gasteiger partial charge in [-0.3, -0.25) is 9.59 Å². The van der Waals surface area contributed by atoms with Gasteiger partial charge in [-0.15, -0.1) is 0 Å². The van der Waals surface area contributed by atoms with Gasteiger partial charge in [0.15, 0.2) is 11.4 Å². The first-order chi connectivity index (χ1) is 14.3. The number of amides is 1. The zero-order valence-electron chi connectivity index (χ0n) is 16.2. The first kappa shape index (κ1) is 20.6. The van der Waals surface area contributed by atoms with Gasteiger partial charge in [-0.05, 0) is 29.8 Å². The van der Waals surface area contributed by atoms with Crippen LogP contribution >= 0.6 is 23.2 Å². The van der Waals surface area contributed by atoms with Crippen LogP contribution in [0.2, 0.25) is 10.0 Å². The molecule has 0 spiro atoms. The molecule has 6 heteroatoms. The number of aliphatic hydroxyl groups is 1. The third-order valence-corrected chi connectivity index (χ3v) is 6.20. The Morgan fingerprint density at radius 3 is 2.40 bits per heavy atom. The summed E-state index contributed by atoms with van der Waals surface area (Å²) < 4.78 is 0. The van der Waals surface area contributed by atoms with Crippen LogP contribution in [0.3, 0.4) is 0 Å². The molecule has 0 fully saturated rings. The normalized spacial score (nSPS) is 18.9. The van der Waals surface area contributed by atoms with E-state index in [-0.39, 0.29) is 12.3 Å². The van der Waals surface area contributed by atoms with E-state index in [0.29, 0.717) is 26.9 Å². The molecule has 3 aromatic carbocycles. The molecular formula is C24H19Cl2NO3. The Kier molecular flexibility index (Phi) is 5.41. The van der Waals surface area contributed by atoms with Crippen LogP contribution < -0.4 is 4.90 Å². The lowest BCUT2D eigenvalue weighted by molar-refractivity contribution is -0.139. The monoisotopic (exact) mass is 439 g/mol. The van der Waals surface area contributed by atoms with Crippen LogP contribution in [-0.2, 0) is 16.9 Å². The number of rotatable bonds is 5. The Morgan fingerprint density at radius 2 is 1.70 bits per heavy atom. The Balaban J connectivity index is 1.79. The largest absolute Gasteiger partial charge is 0.375 e. The summed E-state index contributed by atoms with van der Waals surface area (Å²) in [6.45, 7) is 1.73. The van der Waals surface area contributed by atoms with E-state index in [4.69, 9.17) is 23.2 Å². The third-order valence-electron chi connectivity index (χ3n) is 5.60. The summed E-state index contributed by atoms with van der Waals surface area (Å²) in [5.41, 5.74) is -0.0311. The number of carbonyl (C=O) groups is 2. The molecule has 1 amide bonds. The fourth-order valence-electron chi connectivity index (χ4n) is 3.89. The molecule has 4 nitrogen and oxygen atoms in total. The molecule has 0 saturated heterocycles. The standard InChI is InChI=1S/C24H19Cl2NO3/c1-15(22(28)16-7-3-2-4-8-16)24(30)19-13-18(25)11-12-21(19)27(23(24)29)14-17-9-5-6-10-20(17)26/h2-13,15,30H,14H2,1H3/t15-,24-/m0/s1. The van der Waals surface area contributed by atoms with Gasteiger partial charge in [-0.1, -0.05) is 78.7 Å². The minimum Gasteiger partial charge on any atom is -0.375 e. The van der Waals surface area contributed by atoms with Crippen molar-refractivity contribution < 1.29 is 14.7 Å². The lowest BCUT2D eigenvalue weighted by Crippen LogP contribution is -2.47. The van der Waals surface area contributed by atoms with Crippen LogP contribution in [0.25, 0.3) is 0 Å². The van der Waals surface area contributed by atoms with E-state index in [2.05, 4.69) is 0 Å².